The van der Waals surface area contributed by atoms with Crippen LogP contribution in [0.25, 0.3) is 0 Å². The van der Waals surface area contributed by atoms with Crippen molar-refractivity contribution in [1.29, 1.82) is 0 Å². The number of ketones is 1. The fourth-order valence-electron chi connectivity index (χ4n) is 1.31. The molecule has 2 nitrogen and oxygen atoms in total. The maximum absolute atomic E-state index is 11.7. The summed E-state index contributed by atoms with van der Waals surface area (Å²) in [4.78, 5) is 12.5. The Bertz CT molecular complexity index is 291. The van der Waals surface area contributed by atoms with Crippen LogP contribution in [0.1, 0.15) is 42.3 Å². The number of methoxy groups -OCH3 is 1. The average molecular weight is 212 g/mol. The number of Topliss-reactive ketones (excluding diaryl/α,β-unsaturated/α-hetero) is 1. The van der Waals surface area contributed by atoms with Crippen molar-refractivity contribution in [2.24, 2.45) is 0 Å². The zero-order chi connectivity index (χ0) is 10.4. The summed E-state index contributed by atoms with van der Waals surface area (Å²) in [5, 5.41) is 1.89. The lowest BCUT2D eigenvalue weighted by molar-refractivity contribution is 0.0980. The summed E-state index contributed by atoms with van der Waals surface area (Å²) in [6, 6.07) is 1.84. The summed E-state index contributed by atoms with van der Waals surface area (Å²) in [7, 11) is 1.60. The predicted octanol–water partition coefficient (Wildman–Crippen LogP) is 3.52. The molecule has 0 unspecified atom stereocenters. The Morgan fingerprint density at radius 2 is 2.29 bits per heavy atom. The van der Waals surface area contributed by atoms with Crippen molar-refractivity contribution in [3.05, 3.63) is 16.3 Å². The van der Waals surface area contributed by atoms with Crippen LogP contribution < -0.4 is 4.74 Å². The second-order valence-electron chi connectivity index (χ2n) is 3.20. The summed E-state index contributed by atoms with van der Waals surface area (Å²) in [6.45, 7) is 2.14. The molecule has 1 aromatic rings. The molecule has 0 aliphatic heterocycles. The SMILES string of the molecule is CCCCCC(=O)c1sccc1OC. The van der Waals surface area contributed by atoms with E-state index in [0.717, 1.165) is 29.9 Å². The summed E-state index contributed by atoms with van der Waals surface area (Å²) >= 11 is 1.47. The van der Waals surface area contributed by atoms with Crippen LogP contribution in [-0.2, 0) is 0 Å². The minimum atomic E-state index is 0.213. The maximum atomic E-state index is 11.7. The van der Waals surface area contributed by atoms with E-state index >= 15 is 0 Å². The monoisotopic (exact) mass is 212 g/mol. The second-order valence-corrected chi connectivity index (χ2v) is 4.11. The number of hydrogen-bond acceptors (Lipinski definition) is 3. The number of ether oxygens (including phenoxy) is 1. The third-order valence-corrected chi connectivity index (χ3v) is 3.05. The van der Waals surface area contributed by atoms with Crippen molar-refractivity contribution in [3.63, 3.8) is 0 Å². The summed E-state index contributed by atoms with van der Waals surface area (Å²) < 4.78 is 5.10. The number of rotatable bonds is 6. The molecule has 78 valence electrons. The molecular weight excluding hydrogens is 196 g/mol. The van der Waals surface area contributed by atoms with E-state index in [1.165, 1.54) is 11.3 Å². The predicted molar refractivity (Wildman–Crippen MR) is 59.3 cm³/mol. The Morgan fingerprint density at radius 1 is 1.50 bits per heavy atom. The first-order valence-electron chi connectivity index (χ1n) is 4.94. The van der Waals surface area contributed by atoms with Gasteiger partial charge < -0.3 is 4.74 Å². The molecule has 0 aliphatic carbocycles. The third-order valence-electron chi connectivity index (χ3n) is 2.11. The van der Waals surface area contributed by atoms with Gasteiger partial charge in [-0.25, -0.2) is 0 Å². The lowest BCUT2D eigenvalue weighted by Gasteiger charge is -2.01. The van der Waals surface area contributed by atoms with Crippen LogP contribution in [0, 0.1) is 0 Å². The van der Waals surface area contributed by atoms with E-state index in [4.69, 9.17) is 4.74 Å². The molecule has 0 bridgehead atoms. The fourth-order valence-corrected chi connectivity index (χ4v) is 2.14. The van der Waals surface area contributed by atoms with Crippen molar-refractivity contribution in [3.8, 4) is 5.75 Å². The second kappa shape index (κ2) is 5.81. The van der Waals surface area contributed by atoms with Crippen LogP contribution >= 0.6 is 11.3 Å². The maximum Gasteiger partial charge on any atom is 0.176 e. The number of unbranched alkanes of at least 4 members (excludes halogenated alkanes) is 2. The first kappa shape index (κ1) is 11.2. The molecule has 0 N–H and O–H groups in total. The summed E-state index contributed by atoms with van der Waals surface area (Å²) in [5.41, 5.74) is 0. The quantitative estimate of drug-likeness (QED) is 0.532. The van der Waals surface area contributed by atoms with Gasteiger partial charge in [-0.2, -0.15) is 0 Å². The minimum Gasteiger partial charge on any atom is -0.495 e. The zero-order valence-electron chi connectivity index (χ0n) is 8.71. The van der Waals surface area contributed by atoms with Crippen molar-refractivity contribution in [2.75, 3.05) is 7.11 Å². The van der Waals surface area contributed by atoms with Gasteiger partial charge in [-0.15, -0.1) is 11.3 Å². The van der Waals surface area contributed by atoms with E-state index in [0.29, 0.717) is 6.42 Å². The van der Waals surface area contributed by atoms with Crippen molar-refractivity contribution in [1.82, 2.24) is 0 Å². The zero-order valence-corrected chi connectivity index (χ0v) is 9.52. The average Bonchev–Trinajstić information content (AvgIpc) is 2.65. The molecule has 0 aromatic carbocycles. The highest BCUT2D eigenvalue weighted by Gasteiger charge is 2.12. The lowest BCUT2D eigenvalue weighted by atomic mass is 10.1. The Kier molecular flexibility index (Phi) is 4.66. The Labute approximate surface area is 88.9 Å². The first-order chi connectivity index (χ1) is 6.79. The van der Waals surface area contributed by atoms with E-state index in [1.807, 2.05) is 11.4 Å². The van der Waals surface area contributed by atoms with Gasteiger partial charge in [-0.1, -0.05) is 19.8 Å². The van der Waals surface area contributed by atoms with Gasteiger partial charge in [0.15, 0.2) is 5.78 Å². The minimum absolute atomic E-state index is 0.213. The summed E-state index contributed by atoms with van der Waals surface area (Å²) in [5.74, 6) is 0.932. The molecule has 3 heteroatoms. The number of carbonyl (C=O) groups is 1. The van der Waals surface area contributed by atoms with Crippen molar-refractivity contribution in [2.45, 2.75) is 32.6 Å². The van der Waals surface area contributed by atoms with Crippen molar-refractivity contribution >= 4 is 17.1 Å². The summed E-state index contributed by atoms with van der Waals surface area (Å²) in [6.07, 6.45) is 3.90. The van der Waals surface area contributed by atoms with E-state index < -0.39 is 0 Å². The number of thiophene rings is 1. The van der Waals surface area contributed by atoms with Gasteiger partial charge in [-0.05, 0) is 17.9 Å². The smallest absolute Gasteiger partial charge is 0.176 e. The molecule has 0 amide bonds. The van der Waals surface area contributed by atoms with Gasteiger partial charge in [0.25, 0.3) is 0 Å². The molecule has 0 spiro atoms. The highest BCUT2D eigenvalue weighted by atomic mass is 32.1. The highest BCUT2D eigenvalue weighted by molar-refractivity contribution is 7.12. The van der Waals surface area contributed by atoms with Gasteiger partial charge in [0.2, 0.25) is 0 Å². The molecule has 0 saturated heterocycles. The van der Waals surface area contributed by atoms with E-state index in [2.05, 4.69) is 6.92 Å². The van der Waals surface area contributed by atoms with Crippen LogP contribution in [0.2, 0.25) is 0 Å². The number of carbonyl (C=O) groups excluding carboxylic acids is 1. The van der Waals surface area contributed by atoms with Crippen LogP contribution in [0.5, 0.6) is 5.75 Å². The third kappa shape index (κ3) is 2.84. The molecule has 1 aromatic heterocycles. The van der Waals surface area contributed by atoms with Gasteiger partial charge in [0.1, 0.15) is 10.6 Å². The highest BCUT2D eigenvalue weighted by Crippen LogP contribution is 2.26. The molecule has 14 heavy (non-hydrogen) atoms. The van der Waals surface area contributed by atoms with Crippen LogP contribution in [0.3, 0.4) is 0 Å². The van der Waals surface area contributed by atoms with Gasteiger partial charge in [-0.3, -0.25) is 4.79 Å². The van der Waals surface area contributed by atoms with Gasteiger partial charge >= 0.3 is 0 Å². The van der Waals surface area contributed by atoms with Crippen molar-refractivity contribution < 1.29 is 9.53 Å². The molecule has 0 radical (unpaired) electrons. The largest absolute Gasteiger partial charge is 0.495 e. The first-order valence-corrected chi connectivity index (χ1v) is 5.82. The Morgan fingerprint density at radius 3 is 2.93 bits per heavy atom. The molecular formula is C11H16O2S. The van der Waals surface area contributed by atoms with Gasteiger partial charge in [0.05, 0.1) is 7.11 Å². The van der Waals surface area contributed by atoms with E-state index in [9.17, 15) is 4.79 Å². The Balaban J connectivity index is 2.51. The van der Waals surface area contributed by atoms with E-state index in [-0.39, 0.29) is 5.78 Å². The van der Waals surface area contributed by atoms with Crippen LogP contribution in [0.4, 0.5) is 0 Å². The molecule has 0 fully saturated rings. The normalized spacial score (nSPS) is 10.1. The topological polar surface area (TPSA) is 26.3 Å². The Hall–Kier alpha value is -0.830. The molecule has 1 rings (SSSR count). The fraction of sp³-hybridized carbons (Fsp3) is 0.545. The van der Waals surface area contributed by atoms with Crippen LogP contribution in [0.15, 0.2) is 11.4 Å². The van der Waals surface area contributed by atoms with Gasteiger partial charge in [0, 0.05) is 6.42 Å². The molecule has 0 aliphatic rings. The standard InChI is InChI=1S/C11H16O2S/c1-3-4-5-6-9(12)11-10(13-2)7-8-14-11/h7-8H,3-6H2,1-2H3. The van der Waals surface area contributed by atoms with Crippen LogP contribution in [-0.4, -0.2) is 12.9 Å². The molecule has 0 saturated carbocycles. The molecule has 1 heterocycles. The van der Waals surface area contributed by atoms with E-state index in [1.54, 1.807) is 7.11 Å². The molecule has 0 atom stereocenters. The number of hydrogen-bond donors (Lipinski definition) is 0. The lowest BCUT2D eigenvalue weighted by Crippen LogP contribution is -1.98.